The van der Waals surface area contributed by atoms with Crippen molar-refractivity contribution in [2.24, 2.45) is 7.05 Å². The molecule has 2 heterocycles. The zero-order chi connectivity index (χ0) is 10.2. The van der Waals surface area contributed by atoms with Crippen molar-refractivity contribution in [2.75, 3.05) is 6.61 Å². The maximum atomic E-state index is 10.4. The predicted octanol–water partition coefficient (Wildman–Crippen LogP) is 0.202. The average molecular weight is 197 g/mol. The fourth-order valence-corrected chi connectivity index (χ4v) is 1.99. The number of aliphatic hydroxyl groups is 1. The molecular formula is C9H15N3O2. The van der Waals surface area contributed by atoms with Crippen LogP contribution < -0.4 is 0 Å². The predicted molar refractivity (Wildman–Crippen MR) is 49.5 cm³/mol. The molecule has 1 N–H and O–H groups in total. The molecular weight excluding hydrogens is 182 g/mol. The molecule has 0 aromatic carbocycles. The molecule has 2 unspecified atom stereocenters. The van der Waals surface area contributed by atoms with E-state index in [1.54, 1.807) is 11.7 Å². The summed E-state index contributed by atoms with van der Waals surface area (Å²) in [5.74, 6) is 0.632. The zero-order valence-electron chi connectivity index (χ0n) is 8.47. The quantitative estimate of drug-likeness (QED) is 0.698. The van der Waals surface area contributed by atoms with E-state index in [2.05, 4.69) is 10.1 Å². The SMILES string of the molecule is CC1CC(O)(c2ncnn2C)CCO1. The molecule has 2 atom stereocenters. The number of aromatic nitrogens is 3. The summed E-state index contributed by atoms with van der Waals surface area (Å²) in [6.07, 6.45) is 2.71. The number of nitrogens with zero attached hydrogens (tertiary/aromatic N) is 3. The first-order valence-electron chi connectivity index (χ1n) is 4.80. The lowest BCUT2D eigenvalue weighted by Gasteiger charge is -2.34. The van der Waals surface area contributed by atoms with Gasteiger partial charge in [0.15, 0.2) is 5.82 Å². The summed E-state index contributed by atoms with van der Waals surface area (Å²) < 4.78 is 7.02. The Morgan fingerprint density at radius 2 is 2.50 bits per heavy atom. The minimum Gasteiger partial charge on any atom is -0.382 e. The molecule has 0 saturated carbocycles. The van der Waals surface area contributed by atoms with E-state index in [9.17, 15) is 5.11 Å². The second kappa shape index (κ2) is 3.33. The van der Waals surface area contributed by atoms with Gasteiger partial charge >= 0.3 is 0 Å². The fraction of sp³-hybridized carbons (Fsp3) is 0.778. The van der Waals surface area contributed by atoms with E-state index < -0.39 is 5.60 Å². The van der Waals surface area contributed by atoms with Gasteiger partial charge in [-0.3, -0.25) is 4.68 Å². The lowest BCUT2D eigenvalue weighted by molar-refractivity contribution is -0.107. The van der Waals surface area contributed by atoms with Gasteiger partial charge in [0.25, 0.3) is 0 Å². The van der Waals surface area contributed by atoms with Gasteiger partial charge in [-0.2, -0.15) is 5.10 Å². The van der Waals surface area contributed by atoms with Gasteiger partial charge < -0.3 is 9.84 Å². The van der Waals surface area contributed by atoms with Gasteiger partial charge in [-0.15, -0.1) is 0 Å². The second-order valence-corrected chi connectivity index (χ2v) is 3.87. The fourth-order valence-electron chi connectivity index (χ4n) is 1.99. The molecule has 1 aliphatic rings. The highest BCUT2D eigenvalue weighted by atomic mass is 16.5. The Kier molecular flexibility index (Phi) is 2.28. The van der Waals surface area contributed by atoms with Crippen LogP contribution in [0.1, 0.15) is 25.6 Å². The third-order valence-corrected chi connectivity index (χ3v) is 2.67. The van der Waals surface area contributed by atoms with Crippen molar-refractivity contribution >= 4 is 0 Å². The minimum atomic E-state index is -0.872. The Labute approximate surface area is 82.7 Å². The van der Waals surface area contributed by atoms with Gasteiger partial charge in [0.05, 0.1) is 12.7 Å². The number of rotatable bonds is 1. The molecule has 5 heteroatoms. The molecule has 0 spiro atoms. The smallest absolute Gasteiger partial charge is 0.158 e. The Balaban J connectivity index is 2.27. The highest BCUT2D eigenvalue weighted by molar-refractivity contribution is 5.03. The highest BCUT2D eigenvalue weighted by Crippen LogP contribution is 2.32. The number of aryl methyl sites for hydroxylation is 1. The van der Waals surface area contributed by atoms with Crippen LogP contribution in [0.5, 0.6) is 0 Å². The van der Waals surface area contributed by atoms with Crippen LogP contribution in [0.4, 0.5) is 0 Å². The maximum Gasteiger partial charge on any atom is 0.158 e. The third kappa shape index (κ3) is 1.53. The van der Waals surface area contributed by atoms with E-state index >= 15 is 0 Å². The van der Waals surface area contributed by atoms with E-state index in [-0.39, 0.29) is 6.10 Å². The molecule has 14 heavy (non-hydrogen) atoms. The largest absolute Gasteiger partial charge is 0.382 e. The van der Waals surface area contributed by atoms with Crippen molar-refractivity contribution in [3.05, 3.63) is 12.2 Å². The molecule has 0 aliphatic carbocycles. The van der Waals surface area contributed by atoms with Gasteiger partial charge in [0.1, 0.15) is 11.9 Å². The van der Waals surface area contributed by atoms with Crippen molar-refractivity contribution in [1.82, 2.24) is 14.8 Å². The van der Waals surface area contributed by atoms with E-state index in [0.717, 1.165) is 0 Å². The summed E-state index contributed by atoms with van der Waals surface area (Å²) >= 11 is 0. The Morgan fingerprint density at radius 3 is 3.07 bits per heavy atom. The normalized spacial score (nSPS) is 33.2. The van der Waals surface area contributed by atoms with Gasteiger partial charge in [-0.1, -0.05) is 0 Å². The van der Waals surface area contributed by atoms with Gasteiger partial charge in [0, 0.05) is 19.9 Å². The summed E-state index contributed by atoms with van der Waals surface area (Å²) in [5.41, 5.74) is -0.872. The topological polar surface area (TPSA) is 60.2 Å². The number of hydrogen-bond acceptors (Lipinski definition) is 4. The minimum absolute atomic E-state index is 0.0745. The second-order valence-electron chi connectivity index (χ2n) is 3.87. The zero-order valence-corrected chi connectivity index (χ0v) is 8.47. The molecule has 2 rings (SSSR count). The highest BCUT2D eigenvalue weighted by Gasteiger charge is 2.38. The van der Waals surface area contributed by atoms with Crippen molar-refractivity contribution in [3.63, 3.8) is 0 Å². The molecule has 0 bridgehead atoms. The lowest BCUT2D eigenvalue weighted by atomic mass is 9.90. The van der Waals surface area contributed by atoms with Gasteiger partial charge in [0.2, 0.25) is 0 Å². The first-order chi connectivity index (χ1) is 6.62. The van der Waals surface area contributed by atoms with Crippen LogP contribution in [0.25, 0.3) is 0 Å². The Hall–Kier alpha value is -0.940. The molecule has 5 nitrogen and oxygen atoms in total. The van der Waals surface area contributed by atoms with Crippen molar-refractivity contribution in [2.45, 2.75) is 31.5 Å². The summed E-state index contributed by atoms with van der Waals surface area (Å²) in [7, 11) is 1.79. The molecule has 78 valence electrons. The number of ether oxygens (including phenoxy) is 1. The molecule has 1 fully saturated rings. The lowest BCUT2D eigenvalue weighted by Crippen LogP contribution is -2.39. The maximum absolute atomic E-state index is 10.4. The molecule has 1 saturated heterocycles. The molecule has 1 aromatic rings. The first-order valence-corrected chi connectivity index (χ1v) is 4.80. The molecule has 0 radical (unpaired) electrons. The Bertz CT molecular complexity index is 326. The van der Waals surface area contributed by atoms with Gasteiger partial charge in [-0.25, -0.2) is 4.98 Å². The van der Waals surface area contributed by atoms with Crippen LogP contribution >= 0.6 is 0 Å². The third-order valence-electron chi connectivity index (χ3n) is 2.67. The number of hydrogen-bond donors (Lipinski definition) is 1. The molecule has 1 aliphatic heterocycles. The van der Waals surface area contributed by atoms with Crippen molar-refractivity contribution in [1.29, 1.82) is 0 Å². The Morgan fingerprint density at radius 1 is 1.71 bits per heavy atom. The molecule has 1 aromatic heterocycles. The monoisotopic (exact) mass is 197 g/mol. The summed E-state index contributed by atoms with van der Waals surface area (Å²) in [5, 5.41) is 14.3. The molecule has 0 amide bonds. The van der Waals surface area contributed by atoms with E-state index in [1.807, 2.05) is 6.92 Å². The van der Waals surface area contributed by atoms with Gasteiger partial charge in [-0.05, 0) is 6.92 Å². The summed E-state index contributed by atoms with van der Waals surface area (Å²) in [6, 6.07) is 0. The summed E-state index contributed by atoms with van der Waals surface area (Å²) in [6.45, 7) is 2.53. The van der Waals surface area contributed by atoms with E-state index in [4.69, 9.17) is 4.74 Å². The van der Waals surface area contributed by atoms with E-state index in [0.29, 0.717) is 25.3 Å². The van der Waals surface area contributed by atoms with Crippen molar-refractivity contribution < 1.29 is 9.84 Å². The van der Waals surface area contributed by atoms with Crippen LogP contribution in [0, 0.1) is 0 Å². The van der Waals surface area contributed by atoms with Crippen LogP contribution in [-0.4, -0.2) is 32.6 Å². The van der Waals surface area contributed by atoms with Crippen LogP contribution in [-0.2, 0) is 17.4 Å². The van der Waals surface area contributed by atoms with Crippen LogP contribution in [0.2, 0.25) is 0 Å². The van der Waals surface area contributed by atoms with Crippen LogP contribution in [0.15, 0.2) is 6.33 Å². The van der Waals surface area contributed by atoms with Crippen molar-refractivity contribution in [3.8, 4) is 0 Å². The van der Waals surface area contributed by atoms with E-state index in [1.165, 1.54) is 6.33 Å². The summed E-state index contributed by atoms with van der Waals surface area (Å²) in [4.78, 5) is 4.09. The van der Waals surface area contributed by atoms with Crippen LogP contribution in [0.3, 0.4) is 0 Å². The standard InChI is InChI=1S/C9H15N3O2/c1-7-5-9(13,3-4-14-7)8-10-6-11-12(8)2/h6-7,13H,3-5H2,1-2H3. The first kappa shape index (κ1) is 9.61. The average Bonchev–Trinajstić information content (AvgIpc) is 2.51.